The lowest BCUT2D eigenvalue weighted by Crippen LogP contribution is -2.47. The van der Waals surface area contributed by atoms with Gasteiger partial charge in [0.1, 0.15) is 18.1 Å². The first kappa shape index (κ1) is 25.8. The van der Waals surface area contributed by atoms with Gasteiger partial charge in [-0.1, -0.05) is 25.8 Å². The van der Waals surface area contributed by atoms with E-state index in [9.17, 15) is 9.59 Å². The zero-order chi connectivity index (χ0) is 22.6. The van der Waals surface area contributed by atoms with Crippen LogP contribution in [0, 0.1) is 5.41 Å². The third-order valence-electron chi connectivity index (χ3n) is 7.60. The predicted molar refractivity (Wildman–Crippen MR) is 131 cm³/mol. The highest BCUT2D eigenvalue weighted by molar-refractivity contribution is 5.98. The molecule has 1 aromatic carbocycles. The third kappa shape index (κ3) is 5.83. The van der Waals surface area contributed by atoms with Crippen LogP contribution in [0.1, 0.15) is 70.3 Å². The average Bonchev–Trinajstić information content (AvgIpc) is 3.23. The second-order valence-electron chi connectivity index (χ2n) is 9.85. The Kier molecular flexibility index (Phi) is 9.05. The maximum atomic E-state index is 12.7. The number of piperidine rings is 1. The normalized spacial score (nSPS) is 21.7. The Morgan fingerprint density at radius 1 is 1.12 bits per heavy atom. The van der Waals surface area contributed by atoms with Gasteiger partial charge >= 0.3 is 0 Å². The molecule has 6 nitrogen and oxygen atoms in total. The number of rotatable bonds is 9. The number of nitrogens with zero attached hydrogens (tertiary/aromatic N) is 2. The van der Waals surface area contributed by atoms with Crippen LogP contribution in [0.3, 0.4) is 0 Å². The molecule has 7 heteroatoms. The van der Waals surface area contributed by atoms with Crippen LogP contribution < -0.4 is 9.47 Å². The fourth-order valence-electron chi connectivity index (χ4n) is 5.90. The van der Waals surface area contributed by atoms with Crippen molar-refractivity contribution in [3.05, 3.63) is 23.8 Å². The van der Waals surface area contributed by atoms with Gasteiger partial charge in [0.05, 0.1) is 7.11 Å². The van der Waals surface area contributed by atoms with E-state index in [1.807, 2.05) is 18.2 Å². The molecule has 1 atom stereocenters. The van der Waals surface area contributed by atoms with Crippen LogP contribution in [-0.2, 0) is 16.0 Å². The number of carbonyl (C=O) groups excluding carboxylic acids is 2. The Balaban J connectivity index is 0.00000306. The summed E-state index contributed by atoms with van der Waals surface area (Å²) < 4.78 is 11.6. The number of unbranched alkanes of at least 4 members (excludes halogenated alkanes) is 1. The summed E-state index contributed by atoms with van der Waals surface area (Å²) in [4.78, 5) is 29.4. The SMILES string of the molecule is CCCN(CCCCN1C(=O)CC2(CCCC2)CC1=O)C1COc2cccc(OC)c2C1.Cl. The zero-order valence-electron chi connectivity index (χ0n) is 20.1. The Bertz CT molecular complexity index is 790. The van der Waals surface area contributed by atoms with Crippen molar-refractivity contribution in [1.29, 1.82) is 0 Å². The number of imide groups is 1. The summed E-state index contributed by atoms with van der Waals surface area (Å²) in [6.45, 7) is 5.42. The molecule has 2 amide bonds. The smallest absolute Gasteiger partial charge is 0.229 e. The van der Waals surface area contributed by atoms with Gasteiger partial charge in [0.2, 0.25) is 11.8 Å². The predicted octanol–water partition coefficient (Wildman–Crippen LogP) is 4.62. The summed E-state index contributed by atoms with van der Waals surface area (Å²) in [6.07, 6.45) is 9.39. The summed E-state index contributed by atoms with van der Waals surface area (Å²) in [5, 5.41) is 0. The van der Waals surface area contributed by atoms with Crippen molar-refractivity contribution >= 4 is 24.2 Å². The number of methoxy groups -OCH3 is 1. The van der Waals surface area contributed by atoms with Gasteiger partial charge in [0, 0.05) is 31.0 Å². The highest BCUT2D eigenvalue weighted by Crippen LogP contribution is 2.46. The van der Waals surface area contributed by atoms with E-state index >= 15 is 0 Å². The Morgan fingerprint density at radius 3 is 2.52 bits per heavy atom. The number of benzene rings is 1. The summed E-state index contributed by atoms with van der Waals surface area (Å²) >= 11 is 0. The molecule has 1 spiro atoms. The first-order chi connectivity index (χ1) is 15.5. The van der Waals surface area contributed by atoms with E-state index in [2.05, 4.69) is 11.8 Å². The molecular formula is C26H39ClN2O4. The molecule has 0 radical (unpaired) electrons. The van der Waals surface area contributed by atoms with Gasteiger partial charge in [0.25, 0.3) is 0 Å². The standard InChI is InChI=1S/C26H38N2O4.ClH/c1-3-13-27(20-16-21-22(31-2)9-8-10-23(21)32-19-20)14-6-7-15-28-24(29)17-26(18-25(28)30)11-4-5-12-26;/h8-10,20H,3-7,11-19H2,1-2H3;1H. The molecule has 2 heterocycles. The van der Waals surface area contributed by atoms with Crippen molar-refractivity contribution < 1.29 is 19.1 Å². The lowest BCUT2D eigenvalue weighted by Gasteiger charge is -2.37. The quantitative estimate of drug-likeness (QED) is 0.383. The van der Waals surface area contributed by atoms with Gasteiger partial charge in [-0.25, -0.2) is 0 Å². The van der Waals surface area contributed by atoms with E-state index in [0.717, 1.165) is 81.5 Å². The van der Waals surface area contributed by atoms with Crippen molar-refractivity contribution in [1.82, 2.24) is 9.80 Å². The Hall–Kier alpha value is -1.79. The molecule has 1 saturated carbocycles. The number of hydrogen-bond donors (Lipinski definition) is 0. The van der Waals surface area contributed by atoms with Gasteiger partial charge in [-0.05, 0) is 69.2 Å². The van der Waals surface area contributed by atoms with Gasteiger partial charge < -0.3 is 9.47 Å². The Labute approximate surface area is 204 Å². The van der Waals surface area contributed by atoms with Crippen molar-refractivity contribution in [2.24, 2.45) is 5.41 Å². The average molecular weight is 479 g/mol. The van der Waals surface area contributed by atoms with E-state index in [4.69, 9.17) is 9.47 Å². The van der Waals surface area contributed by atoms with Crippen LogP contribution in [-0.4, -0.2) is 61.0 Å². The summed E-state index contributed by atoms with van der Waals surface area (Å²) in [7, 11) is 1.71. The highest BCUT2D eigenvalue weighted by Gasteiger charge is 2.44. The number of amides is 2. The number of halogens is 1. The van der Waals surface area contributed by atoms with Crippen LogP contribution in [0.25, 0.3) is 0 Å². The van der Waals surface area contributed by atoms with E-state index in [-0.39, 0.29) is 29.6 Å². The molecule has 0 N–H and O–H groups in total. The molecule has 33 heavy (non-hydrogen) atoms. The topological polar surface area (TPSA) is 59.1 Å². The van der Waals surface area contributed by atoms with Crippen LogP contribution in [0.2, 0.25) is 0 Å². The summed E-state index contributed by atoms with van der Waals surface area (Å²) in [6, 6.07) is 6.30. The van der Waals surface area contributed by atoms with E-state index in [0.29, 0.717) is 32.0 Å². The molecule has 2 aliphatic heterocycles. The fraction of sp³-hybridized carbons (Fsp3) is 0.692. The van der Waals surface area contributed by atoms with Crippen molar-refractivity contribution in [2.75, 3.05) is 33.4 Å². The second kappa shape index (κ2) is 11.6. The largest absolute Gasteiger partial charge is 0.496 e. The van der Waals surface area contributed by atoms with Gasteiger partial charge in [-0.15, -0.1) is 12.4 Å². The van der Waals surface area contributed by atoms with Crippen LogP contribution in [0.5, 0.6) is 11.5 Å². The maximum absolute atomic E-state index is 12.7. The number of hydrogen-bond acceptors (Lipinski definition) is 5. The molecule has 184 valence electrons. The zero-order valence-corrected chi connectivity index (χ0v) is 21.0. The molecule has 1 aliphatic carbocycles. The van der Waals surface area contributed by atoms with E-state index in [1.54, 1.807) is 12.0 Å². The van der Waals surface area contributed by atoms with Crippen molar-refractivity contribution in [3.8, 4) is 11.5 Å². The molecule has 0 aromatic heterocycles. The molecule has 0 bridgehead atoms. The number of likely N-dealkylation sites (tertiary alicyclic amines) is 1. The molecule has 1 aromatic rings. The number of fused-ring (bicyclic) bond motifs is 1. The molecular weight excluding hydrogens is 440 g/mol. The lowest BCUT2D eigenvalue weighted by atomic mass is 9.76. The molecule has 4 rings (SSSR count). The molecule has 1 unspecified atom stereocenters. The molecule has 3 aliphatic rings. The summed E-state index contributed by atoms with van der Waals surface area (Å²) in [5.74, 6) is 1.93. The number of carbonyl (C=O) groups is 2. The third-order valence-corrected chi connectivity index (χ3v) is 7.60. The van der Waals surface area contributed by atoms with Gasteiger partial charge in [-0.3, -0.25) is 19.4 Å². The fourth-order valence-corrected chi connectivity index (χ4v) is 5.90. The first-order valence-electron chi connectivity index (χ1n) is 12.4. The van der Waals surface area contributed by atoms with Gasteiger partial charge in [0.15, 0.2) is 0 Å². The highest BCUT2D eigenvalue weighted by atomic mass is 35.5. The second-order valence-corrected chi connectivity index (χ2v) is 9.85. The van der Waals surface area contributed by atoms with Crippen LogP contribution in [0.4, 0.5) is 0 Å². The van der Waals surface area contributed by atoms with Gasteiger partial charge in [-0.2, -0.15) is 0 Å². The van der Waals surface area contributed by atoms with E-state index in [1.165, 1.54) is 0 Å². The molecule has 2 fully saturated rings. The number of ether oxygens (including phenoxy) is 2. The minimum Gasteiger partial charge on any atom is -0.496 e. The minimum absolute atomic E-state index is 0. The van der Waals surface area contributed by atoms with Crippen molar-refractivity contribution in [3.63, 3.8) is 0 Å². The Morgan fingerprint density at radius 2 is 1.85 bits per heavy atom. The lowest BCUT2D eigenvalue weighted by molar-refractivity contribution is -0.153. The first-order valence-corrected chi connectivity index (χ1v) is 12.4. The maximum Gasteiger partial charge on any atom is 0.229 e. The van der Waals surface area contributed by atoms with Crippen LogP contribution in [0.15, 0.2) is 18.2 Å². The van der Waals surface area contributed by atoms with Crippen LogP contribution >= 0.6 is 12.4 Å². The van der Waals surface area contributed by atoms with Crippen molar-refractivity contribution in [2.45, 2.75) is 77.2 Å². The monoisotopic (exact) mass is 478 g/mol. The minimum atomic E-state index is -0.0130. The molecule has 1 saturated heterocycles. The summed E-state index contributed by atoms with van der Waals surface area (Å²) in [5.41, 5.74) is 1.14. The van der Waals surface area contributed by atoms with E-state index < -0.39 is 0 Å².